The van der Waals surface area contributed by atoms with Crippen molar-refractivity contribution in [3.05, 3.63) is 58.6 Å². The highest BCUT2D eigenvalue weighted by atomic mass is 79.9. The van der Waals surface area contributed by atoms with Crippen LogP contribution in [0, 0.1) is 5.92 Å². The fourth-order valence-corrected chi connectivity index (χ4v) is 5.32. The summed E-state index contributed by atoms with van der Waals surface area (Å²) in [4.78, 5) is 57.5. The van der Waals surface area contributed by atoms with Crippen molar-refractivity contribution in [2.75, 3.05) is 40.4 Å². The number of ether oxygens (including phenoxy) is 2. The van der Waals surface area contributed by atoms with Gasteiger partial charge in [-0.25, -0.2) is 4.79 Å². The molecule has 12 heteroatoms. The SMILES string of the molecule is C=CCOCC1CCCN1C(=O)[C@H](Cc1cc(Cl)ccc1Br)N(C)C(=O)CNC(=O)C(CC=C)N(C)C(=O)OC(C)(C)C.CC(C)C. The minimum Gasteiger partial charge on any atom is -0.444 e. The molecule has 1 aliphatic rings. The quantitative estimate of drug-likeness (QED) is 0.178. The van der Waals surface area contributed by atoms with Gasteiger partial charge >= 0.3 is 6.09 Å². The molecule has 10 nitrogen and oxygen atoms in total. The summed E-state index contributed by atoms with van der Waals surface area (Å²) >= 11 is 9.78. The topological polar surface area (TPSA) is 108 Å². The Hall–Kier alpha value is -2.89. The molecule has 0 spiro atoms. The third kappa shape index (κ3) is 14.8. The highest BCUT2D eigenvalue weighted by Crippen LogP contribution is 2.26. The molecular weight excluding hydrogens is 688 g/mol. The molecule has 0 radical (unpaired) electrons. The van der Waals surface area contributed by atoms with Gasteiger partial charge in [0.15, 0.2) is 0 Å². The van der Waals surface area contributed by atoms with Gasteiger partial charge < -0.3 is 24.6 Å². The lowest BCUT2D eigenvalue weighted by Gasteiger charge is -2.34. The van der Waals surface area contributed by atoms with Crippen molar-refractivity contribution >= 4 is 51.3 Å². The molecule has 1 saturated heterocycles. The van der Waals surface area contributed by atoms with Crippen molar-refractivity contribution in [3.8, 4) is 0 Å². The minimum absolute atomic E-state index is 0.121. The van der Waals surface area contributed by atoms with Crippen LogP contribution < -0.4 is 5.32 Å². The molecule has 1 N–H and O–H groups in total. The number of carbonyl (C=O) groups excluding carboxylic acids is 4. The van der Waals surface area contributed by atoms with E-state index in [9.17, 15) is 19.2 Å². The number of nitrogens with one attached hydrogen (secondary N) is 1. The second-order valence-corrected chi connectivity index (χ2v) is 14.5. The summed E-state index contributed by atoms with van der Waals surface area (Å²) in [6, 6.07) is 3.36. The van der Waals surface area contributed by atoms with E-state index in [1.54, 1.807) is 57.0 Å². The average Bonchev–Trinajstić information content (AvgIpc) is 3.45. The summed E-state index contributed by atoms with van der Waals surface area (Å²) in [7, 11) is 3.00. The number of hydrogen-bond donors (Lipinski definition) is 1. The van der Waals surface area contributed by atoms with Gasteiger partial charge in [0.05, 0.1) is 25.8 Å². The highest BCUT2D eigenvalue weighted by Gasteiger charge is 2.37. The molecule has 1 fully saturated rings. The van der Waals surface area contributed by atoms with E-state index in [2.05, 4.69) is 55.2 Å². The summed E-state index contributed by atoms with van der Waals surface area (Å²) in [6.45, 7) is 20.0. The van der Waals surface area contributed by atoms with Crippen LogP contribution in [0.15, 0.2) is 48.0 Å². The van der Waals surface area contributed by atoms with Crippen molar-refractivity contribution in [3.63, 3.8) is 0 Å². The maximum Gasteiger partial charge on any atom is 0.410 e. The summed E-state index contributed by atoms with van der Waals surface area (Å²) in [5, 5.41) is 3.13. The molecule has 2 unspecified atom stereocenters. The number of amides is 4. The van der Waals surface area contributed by atoms with Crippen LogP contribution in [0.1, 0.15) is 66.4 Å². The maximum atomic E-state index is 14.0. The van der Waals surface area contributed by atoms with Crippen molar-refractivity contribution in [1.29, 1.82) is 0 Å². The predicted octanol–water partition coefficient (Wildman–Crippen LogP) is 6.26. The lowest BCUT2D eigenvalue weighted by Crippen LogP contribution is -2.55. The largest absolute Gasteiger partial charge is 0.444 e. The Morgan fingerprint density at radius 3 is 2.32 bits per heavy atom. The van der Waals surface area contributed by atoms with Gasteiger partial charge in [-0.15, -0.1) is 13.2 Å². The number of likely N-dealkylation sites (N-methyl/N-ethyl adjacent to an activating group) is 2. The van der Waals surface area contributed by atoms with Gasteiger partial charge in [-0.2, -0.15) is 0 Å². The normalized spacial score (nSPS) is 15.6. The third-order valence-electron chi connectivity index (χ3n) is 7.03. The molecular formula is C35H54BrClN4O6. The maximum absolute atomic E-state index is 14.0. The molecule has 0 saturated carbocycles. The molecule has 47 heavy (non-hydrogen) atoms. The molecule has 4 amide bonds. The van der Waals surface area contributed by atoms with E-state index in [0.717, 1.165) is 28.8 Å². The van der Waals surface area contributed by atoms with Crippen molar-refractivity contribution in [2.24, 2.45) is 5.92 Å². The number of nitrogens with zero attached hydrogens (tertiary/aromatic N) is 3. The lowest BCUT2D eigenvalue weighted by atomic mass is 10.0. The Kier molecular flexibility index (Phi) is 18.4. The van der Waals surface area contributed by atoms with Gasteiger partial charge in [0.2, 0.25) is 17.7 Å². The van der Waals surface area contributed by atoms with E-state index in [4.69, 9.17) is 21.1 Å². The predicted molar refractivity (Wildman–Crippen MR) is 191 cm³/mol. The van der Waals surface area contributed by atoms with Crippen LogP contribution in [-0.2, 0) is 30.3 Å². The summed E-state index contributed by atoms with van der Waals surface area (Å²) in [6.07, 6.45) is 4.47. The number of hydrogen-bond acceptors (Lipinski definition) is 6. The van der Waals surface area contributed by atoms with Crippen molar-refractivity contribution < 1.29 is 28.7 Å². The smallest absolute Gasteiger partial charge is 0.410 e. The standard InChI is InChI=1S/C31H44BrClN4O6.C4H10/c1-8-11-25(36(7)30(41)43-31(3,4)5)28(39)34-19-27(38)35(6)26(18-21-17-22(33)13-14-24(21)32)29(40)37-15-10-12-23(37)20-42-16-9-2;1-4(2)3/h8-9,13-14,17,23,25-26H,1-2,10-12,15-16,18-20H2,3-7H3,(H,34,39);4H,1-3H3/t23?,25?,26-;/m0./s1. The van der Waals surface area contributed by atoms with E-state index >= 15 is 0 Å². The summed E-state index contributed by atoms with van der Waals surface area (Å²) in [5.74, 6) is -0.400. The fraction of sp³-hybridized carbons (Fsp3) is 0.600. The molecule has 1 heterocycles. The summed E-state index contributed by atoms with van der Waals surface area (Å²) < 4.78 is 11.8. The molecule has 0 aromatic heterocycles. The Labute approximate surface area is 295 Å². The third-order valence-corrected chi connectivity index (χ3v) is 8.04. The zero-order valence-corrected chi connectivity index (χ0v) is 31.7. The van der Waals surface area contributed by atoms with E-state index in [-0.39, 0.29) is 31.3 Å². The second-order valence-electron chi connectivity index (χ2n) is 13.2. The van der Waals surface area contributed by atoms with E-state index in [1.807, 2.05) is 0 Å². The molecule has 0 bridgehead atoms. The molecule has 264 valence electrons. The number of rotatable bonds is 14. The Morgan fingerprint density at radius 1 is 1.11 bits per heavy atom. The zero-order valence-electron chi connectivity index (χ0n) is 29.3. The number of benzene rings is 1. The van der Waals surface area contributed by atoms with Crippen LogP contribution in [0.2, 0.25) is 5.02 Å². The first-order valence-corrected chi connectivity index (χ1v) is 17.1. The monoisotopic (exact) mass is 740 g/mol. The second kappa shape index (κ2) is 20.5. The first-order chi connectivity index (χ1) is 21.9. The zero-order chi connectivity index (χ0) is 35.9. The first-order valence-electron chi connectivity index (χ1n) is 16.0. The Bertz CT molecular complexity index is 1220. The number of carbonyl (C=O) groups is 4. The lowest BCUT2D eigenvalue weighted by molar-refractivity contribution is -0.145. The Balaban J connectivity index is 0.00000260. The minimum atomic E-state index is -0.939. The van der Waals surface area contributed by atoms with Gasteiger partial charge in [0.25, 0.3) is 0 Å². The molecule has 1 aromatic carbocycles. The molecule has 0 aliphatic carbocycles. The van der Waals surface area contributed by atoms with E-state index in [0.29, 0.717) is 24.8 Å². The van der Waals surface area contributed by atoms with Crippen LogP contribution in [0.25, 0.3) is 0 Å². The van der Waals surface area contributed by atoms with Gasteiger partial charge in [-0.05, 0) is 69.7 Å². The fourth-order valence-electron chi connectivity index (χ4n) is 4.72. The van der Waals surface area contributed by atoms with Gasteiger partial charge in [-0.1, -0.05) is 60.5 Å². The number of halogens is 2. The summed E-state index contributed by atoms with van der Waals surface area (Å²) in [5.41, 5.74) is 0.0171. The number of likely N-dealkylation sites (tertiary alicyclic amines) is 1. The van der Waals surface area contributed by atoms with E-state index in [1.165, 1.54) is 22.9 Å². The Morgan fingerprint density at radius 2 is 1.74 bits per heavy atom. The first kappa shape index (κ1) is 42.1. The average molecular weight is 742 g/mol. The van der Waals surface area contributed by atoms with Crippen LogP contribution >= 0.6 is 27.5 Å². The van der Waals surface area contributed by atoms with Crippen LogP contribution in [0.3, 0.4) is 0 Å². The van der Waals surface area contributed by atoms with Gasteiger partial charge in [0, 0.05) is 36.6 Å². The van der Waals surface area contributed by atoms with Crippen LogP contribution in [0.5, 0.6) is 0 Å². The van der Waals surface area contributed by atoms with Crippen molar-refractivity contribution in [1.82, 2.24) is 20.0 Å². The van der Waals surface area contributed by atoms with Gasteiger partial charge in [0.1, 0.15) is 17.7 Å². The van der Waals surface area contributed by atoms with Crippen molar-refractivity contribution in [2.45, 2.75) is 91.0 Å². The molecule has 1 aromatic rings. The molecule has 3 atom stereocenters. The van der Waals surface area contributed by atoms with Crippen LogP contribution in [-0.4, -0.2) is 103 Å². The van der Waals surface area contributed by atoms with Crippen LogP contribution in [0.4, 0.5) is 4.79 Å². The van der Waals surface area contributed by atoms with Gasteiger partial charge in [-0.3, -0.25) is 19.3 Å². The molecule has 1 aliphatic heterocycles. The molecule has 2 rings (SSSR count). The highest BCUT2D eigenvalue weighted by molar-refractivity contribution is 9.10. The van der Waals surface area contributed by atoms with E-state index < -0.39 is 35.6 Å².